The molecule has 0 aliphatic carbocycles. The van der Waals surface area contributed by atoms with Gasteiger partial charge in [0.15, 0.2) is 0 Å². The van der Waals surface area contributed by atoms with E-state index in [1.54, 1.807) is 48.5 Å². The molecule has 0 saturated carbocycles. The monoisotopic (exact) mass is 400 g/mol. The number of aryl methyl sites for hydroxylation is 1. The lowest BCUT2D eigenvalue weighted by molar-refractivity contribution is -0.119. The van der Waals surface area contributed by atoms with Gasteiger partial charge in [0.1, 0.15) is 17.5 Å². The third-order valence-corrected chi connectivity index (χ3v) is 4.97. The summed E-state index contributed by atoms with van der Waals surface area (Å²) >= 11 is 0. The minimum atomic E-state index is -0.944. The van der Waals surface area contributed by atoms with E-state index < -0.39 is 23.8 Å². The smallest absolute Gasteiger partial charge is 0.262 e. The number of rotatable bonds is 5. The summed E-state index contributed by atoms with van der Waals surface area (Å²) in [6.07, 6.45) is 0. The van der Waals surface area contributed by atoms with E-state index in [1.807, 2.05) is 31.2 Å². The number of nitrogens with one attached hydrogen (secondary N) is 1. The zero-order valence-corrected chi connectivity index (χ0v) is 16.6. The molecule has 1 aliphatic rings. The van der Waals surface area contributed by atoms with Crippen LogP contribution in [0.15, 0.2) is 72.8 Å². The fraction of sp³-hybridized carbons (Fsp3) is 0.125. The van der Waals surface area contributed by atoms with Gasteiger partial charge in [-0.25, -0.2) is 0 Å². The quantitative estimate of drug-likeness (QED) is 0.644. The number of carbonyl (C=O) groups excluding carboxylic acids is 3. The van der Waals surface area contributed by atoms with Gasteiger partial charge in [-0.15, -0.1) is 0 Å². The number of benzene rings is 3. The van der Waals surface area contributed by atoms with E-state index in [-0.39, 0.29) is 0 Å². The van der Waals surface area contributed by atoms with Crippen LogP contribution in [0.2, 0.25) is 0 Å². The van der Waals surface area contributed by atoms with E-state index in [4.69, 9.17) is 4.74 Å². The van der Waals surface area contributed by atoms with Gasteiger partial charge in [0.05, 0.1) is 11.1 Å². The molecule has 6 nitrogen and oxygen atoms in total. The van der Waals surface area contributed by atoms with Crippen molar-refractivity contribution >= 4 is 23.4 Å². The molecule has 150 valence electrons. The first-order chi connectivity index (χ1) is 14.4. The number of anilines is 1. The predicted octanol–water partition coefficient (Wildman–Crippen LogP) is 4.41. The lowest BCUT2D eigenvalue weighted by Gasteiger charge is -2.21. The van der Waals surface area contributed by atoms with Crippen molar-refractivity contribution in [3.8, 4) is 11.5 Å². The highest BCUT2D eigenvalue weighted by Crippen LogP contribution is 2.26. The molecule has 1 aliphatic heterocycles. The number of fused-ring (bicyclic) bond motifs is 1. The van der Waals surface area contributed by atoms with E-state index in [0.717, 1.165) is 16.2 Å². The summed E-state index contributed by atoms with van der Waals surface area (Å²) in [6, 6.07) is 20.2. The molecule has 0 fully saturated rings. The predicted molar refractivity (Wildman–Crippen MR) is 113 cm³/mol. The second-order valence-electron chi connectivity index (χ2n) is 7.13. The van der Waals surface area contributed by atoms with Crippen molar-refractivity contribution < 1.29 is 19.1 Å². The van der Waals surface area contributed by atoms with Crippen LogP contribution in [-0.4, -0.2) is 28.7 Å². The molecule has 3 aromatic rings. The summed E-state index contributed by atoms with van der Waals surface area (Å²) < 4.78 is 5.78. The molecule has 0 spiro atoms. The Labute approximate surface area is 174 Å². The van der Waals surface area contributed by atoms with Gasteiger partial charge in [0, 0.05) is 5.69 Å². The third-order valence-electron chi connectivity index (χ3n) is 4.97. The van der Waals surface area contributed by atoms with Crippen LogP contribution < -0.4 is 10.1 Å². The molecule has 4 rings (SSSR count). The van der Waals surface area contributed by atoms with Gasteiger partial charge < -0.3 is 10.1 Å². The summed E-state index contributed by atoms with van der Waals surface area (Å²) in [4.78, 5) is 38.8. The maximum Gasteiger partial charge on any atom is 0.262 e. The number of ether oxygens (including phenoxy) is 1. The Kier molecular flexibility index (Phi) is 5.06. The summed E-state index contributed by atoms with van der Waals surface area (Å²) in [5.41, 5.74) is 2.33. The van der Waals surface area contributed by atoms with Gasteiger partial charge in [0.25, 0.3) is 11.8 Å². The Hall–Kier alpha value is -3.93. The number of imide groups is 1. The number of carbonyl (C=O) groups is 3. The van der Waals surface area contributed by atoms with Crippen LogP contribution in [0.25, 0.3) is 0 Å². The van der Waals surface area contributed by atoms with Crippen LogP contribution in [0.3, 0.4) is 0 Å². The summed E-state index contributed by atoms with van der Waals surface area (Å²) in [7, 11) is 0. The molecular formula is C24H20N2O4. The van der Waals surface area contributed by atoms with Crippen molar-refractivity contribution in [2.24, 2.45) is 0 Å². The first-order valence-corrected chi connectivity index (χ1v) is 9.56. The fourth-order valence-corrected chi connectivity index (χ4v) is 3.27. The molecule has 30 heavy (non-hydrogen) atoms. The first-order valence-electron chi connectivity index (χ1n) is 9.56. The minimum Gasteiger partial charge on any atom is -0.457 e. The standard InChI is InChI=1S/C24H20N2O4/c1-15-7-11-18(12-8-15)30-19-13-9-17(10-14-19)25-22(27)16(2)26-23(28)20-5-3-4-6-21(20)24(26)29/h3-14,16H,1-2H3,(H,25,27). The third kappa shape index (κ3) is 3.67. The number of nitrogens with zero attached hydrogens (tertiary/aromatic N) is 1. The summed E-state index contributed by atoms with van der Waals surface area (Å²) in [6.45, 7) is 3.54. The van der Waals surface area contributed by atoms with Gasteiger partial charge in [0.2, 0.25) is 5.91 Å². The summed E-state index contributed by atoms with van der Waals surface area (Å²) in [5, 5.41) is 2.74. The maximum absolute atomic E-state index is 12.7. The maximum atomic E-state index is 12.7. The van der Waals surface area contributed by atoms with Crippen molar-refractivity contribution in [2.45, 2.75) is 19.9 Å². The molecule has 0 radical (unpaired) electrons. The van der Waals surface area contributed by atoms with Gasteiger partial charge in [-0.1, -0.05) is 29.8 Å². The van der Waals surface area contributed by atoms with Crippen molar-refractivity contribution in [1.29, 1.82) is 0 Å². The molecule has 1 atom stereocenters. The van der Waals surface area contributed by atoms with Crippen molar-refractivity contribution in [3.63, 3.8) is 0 Å². The van der Waals surface area contributed by atoms with Crippen molar-refractivity contribution in [2.75, 3.05) is 5.32 Å². The van der Waals surface area contributed by atoms with Gasteiger partial charge in [-0.05, 0) is 62.4 Å². The van der Waals surface area contributed by atoms with Crippen LogP contribution >= 0.6 is 0 Å². The molecule has 1 heterocycles. The highest BCUT2D eigenvalue weighted by atomic mass is 16.5. The Balaban J connectivity index is 1.42. The average molecular weight is 400 g/mol. The molecular weight excluding hydrogens is 380 g/mol. The summed E-state index contributed by atoms with van der Waals surface area (Å²) in [5.74, 6) is -0.0150. The Bertz CT molecular complexity index is 1090. The van der Waals surface area contributed by atoms with Gasteiger partial charge in [-0.2, -0.15) is 0 Å². The van der Waals surface area contributed by atoms with Crippen LogP contribution in [0.5, 0.6) is 11.5 Å². The lowest BCUT2D eigenvalue weighted by Crippen LogP contribution is -2.45. The van der Waals surface area contributed by atoms with Gasteiger partial charge >= 0.3 is 0 Å². The highest BCUT2D eigenvalue weighted by molar-refractivity contribution is 6.23. The van der Waals surface area contributed by atoms with E-state index >= 15 is 0 Å². The number of hydrogen-bond acceptors (Lipinski definition) is 4. The van der Waals surface area contributed by atoms with E-state index in [9.17, 15) is 14.4 Å². The van der Waals surface area contributed by atoms with E-state index in [1.165, 1.54) is 6.92 Å². The second kappa shape index (κ2) is 7.83. The van der Waals surface area contributed by atoms with Crippen LogP contribution in [0.1, 0.15) is 33.2 Å². The second-order valence-corrected chi connectivity index (χ2v) is 7.13. The molecule has 3 aromatic carbocycles. The normalized spacial score (nSPS) is 13.7. The largest absolute Gasteiger partial charge is 0.457 e. The molecule has 1 unspecified atom stereocenters. The lowest BCUT2D eigenvalue weighted by atomic mass is 10.1. The van der Waals surface area contributed by atoms with Crippen LogP contribution in [0.4, 0.5) is 5.69 Å². The molecule has 3 amide bonds. The van der Waals surface area contributed by atoms with E-state index in [2.05, 4.69) is 5.32 Å². The molecule has 0 saturated heterocycles. The van der Waals surface area contributed by atoms with Crippen molar-refractivity contribution in [3.05, 3.63) is 89.5 Å². The average Bonchev–Trinajstić information content (AvgIpc) is 3.01. The highest BCUT2D eigenvalue weighted by Gasteiger charge is 2.40. The van der Waals surface area contributed by atoms with Crippen molar-refractivity contribution in [1.82, 2.24) is 4.90 Å². The Morgan fingerprint density at radius 1 is 0.833 bits per heavy atom. The number of amides is 3. The number of hydrogen-bond donors (Lipinski definition) is 1. The fourth-order valence-electron chi connectivity index (χ4n) is 3.27. The van der Waals surface area contributed by atoms with E-state index in [0.29, 0.717) is 22.6 Å². The van der Waals surface area contributed by atoms with Crippen LogP contribution in [0, 0.1) is 6.92 Å². The molecule has 0 bridgehead atoms. The molecule has 0 aromatic heterocycles. The Morgan fingerprint density at radius 2 is 1.33 bits per heavy atom. The zero-order valence-electron chi connectivity index (χ0n) is 16.6. The molecule has 1 N–H and O–H groups in total. The molecule has 6 heteroatoms. The SMILES string of the molecule is Cc1ccc(Oc2ccc(NC(=O)C(C)N3C(=O)c4ccccc4C3=O)cc2)cc1. The topological polar surface area (TPSA) is 75.7 Å². The first kappa shape index (κ1) is 19.4. The minimum absolute atomic E-state index is 0.319. The zero-order chi connectivity index (χ0) is 21.3. The Morgan fingerprint density at radius 3 is 1.87 bits per heavy atom. The van der Waals surface area contributed by atoms with Crippen LogP contribution in [-0.2, 0) is 4.79 Å². The van der Waals surface area contributed by atoms with Gasteiger partial charge in [-0.3, -0.25) is 19.3 Å².